The van der Waals surface area contributed by atoms with Crippen LogP contribution in [0.4, 0.5) is 18.0 Å². The van der Waals surface area contributed by atoms with Crippen molar-refractivity contribution in [2.24, 2.45) is 16.6 Å². The van der Waals surface area contributed by atoms with Gasteiger partial charge < -0.3 is 15.4 Å². The fourth-order valence-electron chi connectivity index (χ4n) is 6.22. The average Bonchev–Trinajstić information content (AvgIpc) is 3.25. The number of hydrogen-bond acceptors (Lipinski definition) is 4. The number of carbonyl (C=O) groups excluding carboxylic acids is 2. The Labute approximate surface area is 269 Å². The van der Waals surface area contributed by atoms with Crippen LogP contribution in [-0.4, -0.2) is 47.3 Å². The Morgan fingerprint density at radius 2 is 1.51 bits per heavy atom. The first-order valence-electron chi connectivity index (χ1n) is 14.6. The average molecular weight is 662 g/mol. The molecule has 238 valence electrons. The molecule has 2 N–H and O–H groups in total. The summed E-state index contributed by atoms with van der Waals surface area (Å²) in [7, 11) is 0. The van der Waals surface area contributed by atoms with Gasteiger partial charge in [-0.15, -0.1) is 0 Å². The van der Waals surface area contributed by atoms with E-state index in [-0.39, 0.29) is 42.8 Å². The summed E-state index contributed by atoms with van der Waals surface area (Å²) < 4.78 is 47.1. The van der Waals surface area contributed by atoms with E-state index in [1.54, 1.807) is 41.0 Å². The number of rotatable bonds is 6. The third-order valence-corrected chi connectivity index (χ3v) is 9.46. The molecule has 1 fully saturated rings. The zero-order valence-electron chi connectivity index (χ0n) is 25.0. The van der Waals surface area contributed by atoms with Crippen LogP contribution >= 0.6 is 23.2 Å². The zero-order valence-corrected chi connectivity index (χ0v) is 26.5. The molecular formula is C33H33Cl2F3N4O3. The Morgan fingerprint density at radius 1 is 0.956 bits per heavy atom. The molecule has 2 heterocycles. The molecule has 2 atom stereocenters. The van der Waals surface area contributed by atoms with Gasteiger partial charge in [0, 0.05) is 29.1 Å². The van der Waals surface area contributed by atoms with Crippen LogP contribution in [0.1, 0.15) is 55.9 Å². The number of urea groups is 1. The van der Waals surface area contributed by atoms with Crippen LogP contribution in [0.5, 0.6) is 5.75 Å². The second kappa shape index (κ2) is 12.2. The number of aliphatic imine (C=N–C) groups is 1. The molecule has 7 nitrogen and oxygen atoms in total. The summed E-state index contributed by atoms with van der Waals surface area (Å²) >= 11 is 12.5. The Balaban J connectivity index is 1.76. The minimum Gasteiger partial charge on any atom is -0.493 e. The summed E-state index contributed by atoms with van der Waals surface area (Å²) in [5.41, 5.74) is 3.89. The van der Waals surface area contributed by atoms with E-state index in [1.807, 2.05) is 38.1 Å². The van der Waals surface area contributed by atoms with Gasteiger partial charge in [0.1, 0.15) is 22.7 Å². The van der Waals surface area contributed by atoms with Crippen molar-refractivity contribution < 1.29 is 27.5 Å². The maximum absolute atomic E-state index is 14.8. The van der Waals surface area contributed by atoms with Gasteiger partial charge in [0.25, 0.3) is 0 Å². The number of piperidine rings is 1. The maximum atomic E-state index is 14.8. The van der Waals surface area contributed by atoms with Gasteiger partial charge in [-0.25, -0.2) is 4.79 Å². The largest absolute Gasteiger partial charge is 0.493 e. The zero-order chi connectivity index (χ0) is 32.7. The van der Waals surface area contributed by atoms with Crippen LogP contribution in [-0.2, 0) is 22.0 Å². The predicted octanol–water partition coefficient (Wildman–Crippen LogP) is 7.62. The number of nitrogens with zero attached hydrogens (tertiary/aromatic N) is 3. The number of likely N-dealkylation sites (tertiary alicyclic amines) is 1. The number of amidine groups is 1. The van der Waals surface area contributed by atoms with E-state index in [4.69, 9.17) is 38.7 Å². The highest BCUT2D eigenvalue weighted by Gasteiger charge is 2.60. The third kappa shape index (κ3) is 5.86. The molecule has 5 rings (SSSR count). The van der Waals surface area contributed by atoms with Crippen LogP contribution in [0.3, 0.4) is 0 Å². The second-order valence-corrected chi connectivity index (χ2v) is 12.4. The van der Waals surface area contributed by atoms with Gasteiger partial charge in [0.15, 0.2) is 0 Å². The first-order chi connectivity index (χ1) is 21.2. The minimum absolute atomic E-state index is 0.0601. The molecule has 0 aromatic heterocycles. The lowest BCUT2D eigenvalue weighted by atomic mass is 9.71. The second-order valence-electron chi connectivity index (χ2n) is 11.5. The maximum Gasteiger partial charge on any atom is 0.416 e. The number of benzene rings is 3. The van der Waals surface area contributed by atoms with Crippen molar-refractivity contribution in [1.82, 2.24) is 9.80 Å². The Kier molecular flexibility index (Phi) is 8.85. The lowest BCUT2D eigenvalue weighted by molar-refractivity contribution is -0.137. The van der Waals surface area contributed by atoms with Crippen LogP contribution < -0.4 is 10.5 Å². The molecule has 2 aliphatic rings. The molecule has 3 aromatic carbocycles. The molecule has 3 aromatic rings. The van der Waals surface area contributed by atoms with Gasteiger partial charge in [0.05, 0.1) is 17.7 Å². The van der Waals surface area contributed by atoms with Crippen LogP contribution in [0.25, 0.3) is 0 Å². The molecule has 12 heteroatoms. The molecule has 45 heavy (non-hydrogen) atoms. The number of primary amides is 1. The Bertz CT molecular complexity index is 1620. The molecule has 0 saturated carbocycles. The number of hydrogen-bond donors (Lipinski definition) is 1. The van der Waals surface area contributed by atoms with Gasteiger partial charge in [-0.3, -0.25) is 14.7 Å². The van der Waals surface area contributed by atoms with Crippen LogP contribution in [0.2, 0.25) is 10.0 Å². The number of carbonyl (C=O) groups is 2. The van der Waals surface area contributed by atoms with Crippen molar-refractivity contribution in [3.8, 4) is 5.75 Å². The Morgan fingerprint density at radius 3 is 2.02 bits per heavy atom. The van der Waals surface area contributed by atoms with E-state index >= 15 is 0 Å². The van der Waals surface area contributed by atoms with Gasteiger partial charge in [0.2, 0.25) is 5.91 Å². The van der Waals surface area contributed by atoms with Crippen molar-refractivity contribution in [3.05, 3.63) is 99.0 Å². The highest BCUT2D eigenvalue weighted by Crippen LogP contribution is 2.54. The van der Waals surface area contributed by atoms with Crippen LogP contribution in [0, 0.1) is 5.92 Å². The quantitative estimate of drug-likeness (QED) is 0.295. The minimum atomic E-state index is -4.61. The molecular weight excluding hydrogens is 628 g/mol. The summed E-state index contributed by atoms with van der Waals surface area (Å²) in [4.78, 5) is 35.0. The van der Waals surface area contributed by atoms with Crippen molar-refractivity contribution in [2.45, 2.75) is 50.9 Å². The highest BCUT2D eigenvalue weighted by atomic mass is 35.5. The van der Waals surface area contributed by atoms with Crippen molar-refractivity contribution in [3.63, 3.8) is 0 Å². The fraction of sp³-hybridized carbons (Fsp3) is 0.364. The van der Waals surface area contributed by atoms with E-state index in [2.05, 4.69) is 0 Å². The molecule has 0 bridgehead atoms. The normalized spacial score (nSPS) is 22.4. The number of amides is 3. The molecule has 1 saturated heterocycles. The van der Waals surface area contributed by atoms with E-state index in [0.29, 0.717) is 28.5 Å². The number of ether oxygens (including phenoxy) is 1. The van der Waals surface area contributed by atoms with E-state index < -0.39 is 34.8 Å². The smallest absolute Gasteiger partial charge is 0.416 e. The topological polar surface area (TPSA) is 88.2 Å². The summed E-state index contributed by atoms with van der Waals surface area (Å²) in [6, 6.07) is 16.9. The van der Waals surface area contributed by atoms with E-state index in [1.165, 1.54) is 6.07 Å². The van der Waals surface area contributed by atoms with E-state index in [0.717, 1.165) is 17.7 Å². The SMILES string of the molecule is CCOc1cc(C(F)(F)F)ccc1C1=NC(C)(c2ccc(Cl)cc2)C(C)(c2ccc(Cl)cc2)N1C(=O)N1CCC(C(N)=O)CC1. The molecule has 0 spiro atoms. The van der Waals surface area contributed by atoms with Crippen molar-refractivity contribution in [1.29, 1.82) is 0 Å². The lowest BCUT2D eigenvalue weighted by Gasteiger charge is -2.47. The molecule has 0 aliphatic carbocycles. The molecule has 2 unspecified atom stereocenters. The van der Waals surface area contributed by atoms with Crippen LogP contribution in [0.15, 0.2) is 71.7 Å². The first kappa shape index (κ1) is 32.6. The third-order valence-electron chi connectivity index (χ3n) is 8.96. The number of alkyl halides is 3. The van der Waals surface area contributed by atoms with Gasteiger partial charge in [-0.2, -0.15) is 13.2 Å². The van der Waals surface area contributed by atoms with Gasteiger partial charge in [-0.1, -0.05) is 47.5 Å². The summed E-state index contributed by atoms with van der Waals surface area (Å²) in [6.07, 6.45) is -3.84. The monoisotopic (exact) mass is 660 g/mol. The molecule has 3 amide bonds. The summed E-state index contributed by atoms with van der Waals surface area (Å²) in [6.45, 7) is 6.02. The summed E-state index contributed by atoms with van der Waals surface area (Å²) in [5, 5.41) is 0.992. The highest BCUT2D eigenvalue weighted by molar-refractivity contribution is 6.30. The summed E-state index contributed by atoms with van der Waals surface area (Å²) in [5.74, 6) is -0.695. The molecule has 0 radical (unpaired) electrons. The van der Waals surface area contributed by atoms with Crippen molar-refractivity contribution in [2.75, 3.05) is 19.7 Å². The van der Waals surface area contributed by atoms with Gasteiger partial charge in [-0.05, 0) is 87.2 Å². The van der Waals surface area contributed by atoms with Crippen molar-refractivity contribution >= 4 is 41.0 Å². The standard InChI is InChI=1S/C33H33Cl2F3N4O3/c1-4-45-27-19-23(33(36,37)38)9-14-26(27)29-40-31(2,21-5-10-24(34)11-6-21)32(3,22-7-12-25(35)13-8-22)42(29)30(44)41-17-15-20(16-18-41)28(39)43/h5-14,19-20H,4,15-18H2,1-3H3,(H2,39,43). The fourth-order valence-corrected chi connectivity index (χ4v) is 6.47. The Hall–Kier alpha value is -3.76. The van der Waals surface area contributed by atoms with E-state index in [9.17, 15) is 22.8 Å². The number of nitrogens with two attached hydrogens (primary N) is 1. The predicted molar refractivity (Wildman–Crippen MR) is 167 cm³/mol. The number of halogens is 5. The first-order valence-corrected chi connectivity index (χ1v) is 15.3. The lowest BCUT2D eigenvalue weighted by Crippen LogP contribution is -2.59. The van der Waals surface area contributed by atoms with Gasteiger partial charge >= 0.3 is 12.2 Å². The molecule has 2 aliphatic heterocycles.